The van der Waals surface area contributed by atoms with Crippen molar-refractivity contribution >= 4 is 38.7 Å². The monoisotopic (exact) mass is 559 g/mol. The molecule has 2 aromatic heterocycles. The summed E-state index contributed by atoms with van der Waals surface area (Å²) in [5.41, 5.74) is 1.86. The lowest BCUT2D eigenvalue weighted by atomic mass is 10.1. The Kier molecular flexibility index (Phi) is 6.70. The molecule has 4 heterocycles. The maximum atomic E-state index is 14.9. The number of piperazine rings is 1. The van der Waals surface area contributed by atoms with Crippen LogP contribution >= 0.6 is 11.6 Å². The van der Waals surface area contributed by atoms with E-state index < -0.39 is 15.8 Å². The summed E-state index contributed by atoms with van der Waals surface area (Å²) in [4.78, 5) is 9.23. The molecule has 200 valence electrons. The standard InChI is InChI=1S/C25H27ClFN7O3S/c26-24-22(30-38(35,36)20-5-10-37-16-20)4-3-21(27)25(24)34-15-23(29-31-34)18-11-19(13-28-12-18)33-8-6-32(7-9-33)14-17-1-2-17/h3-5,10-13,16-17,23,30H,1-2,6-9,14-15H2. The average molecular weight is 560 g/mol. The van der Waals surface area contributed by atoms with E-state index in [1.165, 1.54) is 42.8 Å². The topological polar surface area (TPSA) is 107 Å². The van der Waals surface area contributed by atoms with Gasteiger partial charge < -0.3 is 9.32 Å². The van der Waals surface area contributed by atoms with E-state index in [9.17, 15) is 12.8 Å². The van der Waals surface area contributed by atoms with Crippen molar-refractivity contribution in [2.24, 2.45) is 16.3 Å². The van der Waals surface area contributed by atoms with E-state index in [2.05, 4.69) is 35.9 Å². The van der Waals surface area contributed by atoms with Gasteiger partial charge in [0.2, 0.25) is 0 Å². The molecule has 2 fully saturated rings. The summed E-state index contributed by atoms with van der Waals surface area (Å²) in [6, 6.07) is 5.39. The van der Waals surface area contributed by atoms with Crippen molar-refractivity contribution in [1.29, 1.82) is 0 Å². The van der Waals surface area contributed by atoms with Crippen LogP contribution in [0.2, 0.25) is 5.02 Å². The zero-order chi connectivity index (χ0) is 26.3. The van der Waals surface area contributed by atoms with Crippen LogP contribution in [0.4, 0.5) is 21.5 Å². The summed E-state index contributed by atoms with van der Waals surface area (Å²) in [6.07, 6.45) is 8.66. The molecule has 3 aromatic rings. The van der Waals surface area contributed by atoms with E-state index in [1.54, 1.807) is 6.20 Å². The summed E-state index contributed by atoms with van der Waals surface area (Å²) in [5, 5.41) is 9.72. The molecule has 1 saturated heterocycles. The van der Waals surface area contributed by atoms with Gasteiger partial charge in [-0.15, -0.1) is 0 Å². The molecule has 0 radical (unpaired) electrons. The minimum atomic E-state index is -3.96. The Morgan fingerprint density at radius 1 is 1.13 bits per heavy atom. The number of sulfonamides is 1. The molecular formula is C25H27ClFN7O3S. The number of nitrogens with one attached hydrogen (secondary N) is 1. The number of anilines is 3. The molecule has 1 unspecified atom stereocenters. The highest BCUT2D eigenvalue weighted by Crippen LogP contribution is 2.40. The van der Waals surface area contributed by atoms with Crippen molar-refractivity contribution in [1.82, 2.24) is 9.88 Å². The SMILES string of the molecule is O=S(=O)(Nc1ccc(F)c(N2CC(c3cncc(N4CCN(CC5CC5)CC4)c3)N=N2)c1Cl)c1ccoc1. The first-order valence-corrected chi connectivity index (χ1v) is 14.4. The zero-order valence-electron chi connectivity index (χ0n) is 20.5. The second kappa shape index (κ2) is 10.2. The second-order valence-corrected chi connectivity index (χ2v) is 11.9. The predicted molar refractivity (Wildman–Crippen MR) is 141 cm³/mol. The first-order chi connectivity index (χ1) is 18.4. The van der Waals surface area contributed by atoms with E-state index in [0.29, 0.717) is 0 Å². The minimum Gasteiger partial charge on any atom is -0.471 e. The number of furan rings is 1. The van der Waals surface area contributed by atoms with Crippen molar-refractivity contribution in [2.45, 2.75) is 23.8 Å². The number of nitrogens with zero attached hydrogens (tertiary/aromatic N) is 6. The van der Waals surface area contributed by atoms with Gasteiger partial charge in [-0.05, 0) is 43.0 Å². The van der Waals surface area contributed by atoms with E-state index >= 15 is 0 Å². The first kappa shape index (κ1) is 25.1. The molecule has 1 aromatic carbocycles. The molecular weight excluding hydrogens is 533 g/mol. The van der Waals surface area contributed by atoms with Gasteiger partial charge in [-0.2, -0.15) is 5.11 Å². The van der Waals surface area contributed by atoms with E-state index in [0.717, 1.165) is 55.7 Å². The minimum absolute atomic E-state index is 0.0207. The summed E-state index contributed by atoms with van der Waals surface area (Å²) >= 11 is 6.47. The Bertz CT molecular complexity index is 1440. The fourth-order valence-corrected chi connectivity index (χ4v) is 6.14. The van der Waals surface area contributed by atoms with E-state index in [-0.39, 0.29) is 33.9 Å². The molecule has 38 heavy (non-hydrogen) atoms. The molecule has 1 N–H and O–H groups in total. The molecule has 0 bridgehead atoms. The van der Waals surface area contributed by atoms with E-state index in [4.69, 9.17) is 16.0 Å². The number of benzene rings is 1. The van der Waals surface area contributed by atoms with Gasteiger partial charge in [0.15, 0.2) is 0 Å². The molecule has 0 spiro atoms. The summed E-state index contributed by atoms with van der Waals surface area (Å²) < 4.78 is 47.3. The smallest absolute Gasteiger partial charge is 0.265 e. The molecule has 2 aliphatic heterocycles. The number of hydrogen-bond donors (Lipinski definition) is 1. The predicted octanol–water partition coefficient (Wildman–Crippen LogP) is 4.73. The zero-order valence-corrected chi connectivity index (χ0v) is 22.1. The van der Waals surface area contributed by atoms with Gasteiger partial charge in [0, 0.05) is 44.5 Å². The van der Waals surface area contributed by atoms with Crippen LogP contribution in [0.3, 0.4) is 0 Å². The number of aromatic nitrogens is 1. The lowest BCUT2D eigenvalue weighted by Crippen LogP contribution is -2.47. The van der Waals surface area contributed by atoms with Crippen LogP contribution in [0, 0.1) is 11.7 Å². The van der Waals surface area contributed by atoms with Crippen molar-refractivity contribution in [3.63, 3.8) is 0 Å². The quantitative estimate of drug-likeness (QED) is 0.425. The van der Waals surface area contributed by atoms with Crippen LogP contribution in [0.1, 0.15) is 24.4 Å². The summed E-state index contributed by atoms with van der Waals surface area (Å²) in [5.74, 6) is 0.245. The maximum Gasteiger partial charge on any atom is 0.265 e. The van der Waals surface area contributed by atoms with Crippen molar-refractivity contribution in [2.75, 3.05) is 53.9 Å². The second-order valence-electron chi connectivity index (χ2n) is 9.83. The van der Waals surface area contributed by atoms with Gasteiger partial charge in [0.05, 0.1) is 35.4 Å². The van der Waals surface area contributed by atoms with Crippen LogP contribution < -0.4 is 14.6 Å². The summed E-state index contributed by atoms with van der Waals surface area (Å²) in [7, 11) is -3.96. The van der Waals surface area contributed by atoms with Gasteiger partial charge in [-0.1, -0.05) is 16.8 Å². The third-order valence-corrected chi connectivity index (χ3v) is 8.82. The lowest BCUT2D eigenvalue weighted by Gasteiger charge is -2.36. The fraction of sp³-hybridized carbons (Fsp3) is 0.400. The Morgan fingerprint density at radius 2 is 1.95 bits per heavy atom. The van der Waals surface area contributed by atoms with Gasteiger partial charge in [0.1, 0.15) is 28.7 Å². The normalized spacial score (nSPS) is 20.3. The fourth-order valence-electron chi connectivity index (χ4n) is 4.79. The molecule has 3 aliphatic rings. The first-order valence-electron chi connectivity index (χ1n) is 12.5. The summed E-state index contributed by atoms with van der Waals surface area (Å²) in [6.45, 7) is 5.40. The molecule has 0 amide bonds. The van der Waals surface area contributed by atoms with Crippen molar-refractivity contribution in [3.8, 4) is 0 Å². The van der Waals surface area contributed by atoms with Crippen LogP contribution in [-0.2, 0) is 10.0 Å². The number of hydrogen-bond acceptors (Lipinski definition) is 9. The molecule has 6 rings (SSSR count). The van der Waals surface area contributed by atoms with E-state index in [1.807, 2.05) is 6.20 Å². The Hall–Kier alpha value is -3.22. The number of pyridine rings is 1. The van der Waals surface area contributed by atoms with Gasteiger partial charge in [0.25, 0.3) is 10.0 Å². The van der Waals surface area contributed by atoms with Crippen LogP contribution in [0.15, 0.2) is 68.8 Å². The van der Waals surface area contributed by atoms with Gasteiger partial charge in [-0.25, -0.2) is 17.8 Å². The van der Waals surface area contributed by atoms with Crippen molar-refractivity contribution < 1.29 is 17.2 Å². The molecule has 1 saturated carbocycles. The Morgan fingerprint density at radius 3 is 2.68 bits per heavy atom. The third kappa shape index (κ3) is 5.20. The van der Waals surface area contributed by atoms with Crippen molar-refractivity contribution in [3.05, 3.63) is 65.6 Å². The highest BCUT2D eigenvalue weighted by atomic mass is 35.5. The lowest BCUT2D eigenvalue weighted by molar-refractivity contribution is 0.248. The van der Waals surface area contributed by atoms with Crippen LogP contribution in [-0.4, -0.2) is 57.6 Å². The molecule has 1 aliphatic carbocycles. The number of halogens is 2. The van der Waals surface area contributed by atoms with Crippen LogP contribution in [0.5, 0.6) is 0 Å². The number of rotatable bonds is 8. The Balaban J connectivity index is 1.15. The molecule has 10 nitrogen and oxygen atoms in total. The maximum absolute atomic E-state index is 14.9. The highest BCUT2D eigenvalue weighted by molar-refractivity contribution is 7.92. The molecule has 13 heteroatoms. The van der Waals surface area contributed by atoms with Gasteiger partial charge >= 0.3 is 0 Å². The highest BCUT2D eigenvalue weighted by Gasteiger charge is 2.30. The average Bonchev–Trinajstić information content (AvgIpc) is 3.34. The largest absolute Gasteiger partial charge is 0.471 e. The molecule has 1 atom stereocenters. The van der Waals surface area contributed by atoms with Crippen LogP contribution in [0.25, 0.3) is 0 Å². The Labute approximate surface area is 225 Å². The van der Waals surface area contributed by atoms with Gasteiger partial charge in [-0.3, -0.25) is 14.6 Å². The third-order valence-electron chi connectivity index (χ3n) is 7.10.